The normalized spacial score (nSPS) is 11.8. The van der Waals surface area contributed by atoms with Crippen molar-refractivity contribution < 1.29 is 20.1 Å². The van der Waals surface area contributed by atoms with E-state index >= 15 is 0 Å². The van der Waals surface area contributed by atoms with Crippen LogP contribution >= 0.6 is 0 Å². The summed E-state index contributed by atoms with van der Waals surface area (Å²) in [6.45, 7) is 0. The van der Waals surface area contributed by atoms with Gasteiger partial charge in [0.2, 0.25) is 0 Å². The number of carboxylic acids is 1. The number of carbonyl (C=O) groups is 1. The van der Waals surface area contributed by atoms with Gasteiger partial charge < -0.3 is 15.3 Å². The van der Waals surface area contributed by atoms with Crippen LogP contribution in [0.25, 0.3) is 0 Å². The predicted molar refractivity (Wildman–Crippen MR) is 90.7 cm³/mol. The first-order valence-electron chi connectivity index (χ1n) is 6.85. The fourth-order valence-corrected chi connectivity index (χ4v) is 2.04. The van der Waals surface area contributed by atoms with Crippen LogP contribution < -0.4 is 0 Å². The third-order valence-corrected chi connectivity index (χ3v) is 3.22. The van der Waals surface area contributed by atoms with E-state index < -0.39 is 12.0 Å². The van der Waals surface area contributed by atoms with Gasteiger partial charge in [-0.1, -0.05) is 36.4 Å². The molecular weight excluding hydrogens is 305 g/mol. The Kier molecular flexibility index (Phi) is 7.81. The van der Waals surface area contributed by atoms with Crippen LogP contribution in [-0.4, -0.2) is 63.1 Å². The monoisotopic (exact) mass is 323 g/mol. The van der Waals surface area contributed by atoms with E-state index in [9.17, 15) is 20.1 Å². The van der Waals surface area contributed by atoms with E-state index in [0.29, 0.717) is 18.4 Å². The minimum absolute atomic E-state index is 0. The summed E-state index contributed by atoms with van der Waals surface area (Å²) >= 11 is 0. The number of aromatic hydroxyl groups is 2. The molecule has 5 nitrogen and oxygen atoms in total. The second kappa shape index (κ2) is 9.35. The van der Waals surface area contributed by atoms with E-state index in [2.05, 4.69) is 4.99 Å². The summed E-state index contributed by atoms with van der Waals surface area (Å²) in [4.78, 5) is 15.3. The Hall–Kier alpha value is -1.82. The number of aliphatic imine (C=N–C) groups is 1. The summed E-state index contributed by atoms with van der Waals surface area (Å²) in [5.41, 5.74) is 1.48. The second-order valence-corrected chi connectivity index (χ2v) is 4.89. The Labute approximate surface area is 156 Å². The summed E-state index contributed by atoms with van der Waals surface area (Å²) in [6.07, 6.45) is 2.09. The molecule has 0 aliphatic carbocycles. The van der Waals surface area contributed by atoms with Gasteiger partial charge in [-0.05, 0) is 17.2 Å². The molecule has 0 fully saturated rings. The average molecular weight is 323 g/mol. The van der Waals surface area contributed by atoms with Crippen molar-refractivity contribution in [2.75, 3.05) is 0 Å². The zero-order valence-corrected chi connectivity index (χ0v) is 11.9. The number of nitrogens with zero attached hydrogens (tertiary/aromatic N) is 1. The number of benzene rings is 2. The number of aliphatic carboxylic acids is 1. The maximum atomic E-state index is 11.3. The summed E-state index contributed by atoms with van der Waals surface area (Å²) in [5.74, 6) is -1.05. The first-order valence-corrected chi connectivity index (χ1v) is 6.85. The van der Waals surface area contributed by atoms with E-state index in [-0.39, 0.29) is 41.1 Å². The van der Waals surface area contributed by atoms with Crippen LogP contribution in [0.5, 0.6) is 11.5 Å². The number of carboxylic acid groups (broad SMARTS) is 1. The molecule has 0 radical (unpaired) electrons. The minimum atomic E-state index is -0.991. The molecule has 116 valence electrons. The van der Waals surface area contributed by atoms with Gasteiger partial charge in [-0.3, -0.25) is 4.99 Å². The molecule has 3 N–H and O–H groups in total. The Morgan fingerprint density at radius 3 is 2.43 bits per heavy atom. The summed E-state index contributed by atoms with van der Waals surface area (Å²) < 4.78 is 0. The number of phenolic OH excluding ortho intramolecular Hbond substituents is 2. The van der Waals surface area contributed by atoms with Crippen molar-refractivity contribution in [1.29, 1.82) is 0 Å². The molecule has 0 saturated heterocycles. The fourth-order valence-electron chi connectivity index (χ4n) is 2.04. The van der Waals surface area contributed by atoms with Crippen molar-refractivity contribution in [3.63, 3.8) is 0 Å². The van der Waals surface area contributed by atoms with Gasteiger partial charge in [-0.2, -0.15) is 0 Å². The molecule has 0 bridgehead atoms. The Morgan fingerprint density at radius 2 is 1.83 bits per heavy atom. The van der Waals surface area contributed by atoms with Crippen LogP contribution in [0.2, 0.25) is 0 Å². The molecule has 0 amide bonds. The second-order valence-electron chi connectivity index (χ2n) is 4.89. The standard InChI is InChI=1S/C17H17NO4.Na.H/c19-14-7-6-13(16(20)11-14)8-9-18-15(17(21)22)10-12-4-2-1-3-5-12;;/h1-7,9,11,15,19-20H,8,10H2,(H,21,22);;/t15-;;/m0../s1. The van der Waals surface area contributed by atoms with Gasteiger partial charge in [0, 0.05) is 25.1 Å². The molecule has 0 aliphatic heterocycles. The molecule has 1 atom stereocenters. The maximum absolute atomic E-state index is 11.3. The van der Waals surface area contributed by atoms with E-state index in [4.69, 9.17) is 0 Å². The fraction of sp³-hybridized carbons (Fsp3) is 0.176. The predicted octanol–water partition coefficient (Wildman–Crippen LogP) is 1.76. The van der Waals surface area contributed by atoms with E-state index in [1.165, 1.54) is 18.3 Å². The van der Waals surface area contributed by atoms with Gasteiger partial charge in [-0.25, -0.2) is 4.79 Å². The van der Waals surface area contributed by atoms with Crippen LogP contribution in [0, 0.1) is 0 Å². The SMILES string of the molecule is O=C(O)[C@H](Cc1ccccc1)N=CCc1ccc(O)cc1O.[NaH]. The van der Waals surface area contributed by atoms with Crippen molar-refractivity contribution in [1.82, 2.24) is 0 Å². The molecule has 6 heteroatoms. The van der Waals surface area contributed by atoms with Crippen molar-refractivity contribution in [3.8, 4) is 11.5 Å². The van der Waals surface area contributed by atoms with E-state index in [1.807, 2.05) is 30.3 Å². The van der Waals surface area contributed by atoms with Gasteiger partial charge in [-0.15, -0.1) is 0 Å². The van der Waals surface area contributed by atoms with Crippen molar-refractivity contribution in [2.45, 2.75) is 18.9 Å². The van der Waals surface area contributed by atoms with Gasteiger partial charge in [0.15, 0.2) is 6.04 Å². The molecule has 0 unspecified atom stereocenters. The molecule has 0 aromatic heterocycles. The molecule has 2 aromatic carbocycles. The van der Waals surface area contributed by atoms with Crippen LogP contribution in [0.4, 0.5) is 0 Å². The number of rotatable bonds is 6. The first kappa shape index (κ1) is 19.2. The van der Waals surface area contributed by atoms with Gasteiger partial charge in [0.1, 0.15) is 11.5 Å². The third kappa shape index (κ3) is 6.06. The Bertz CT molecular complexity index is 674. The third-order valence-electron chi connectivity index (χ3n) is 3.22. The zero-order valence-electron chi connectivity index (χ0n) is 11.9. The summed E-state index contributed by atoms with van der Waals surface area (Å²) in [5, 5.41) is 28.1. The average Bonchev–Trinajstić information content (AvgIpc) is 2.49. The number of phenols is 2. The van der Waals surface area contributed by atoms with Crippen molar-refractivity contribution >= 4 is 41.7 Å². The van der Waals surface area contributed by atoms with Crippen LogP contribution in [0.15, 0.2) is 53.5 Å². The van der Waals surface area contributed by atoms with Gasteiger partial charge in [0.25, 0.3) is 0 Å². The first-order chi connectivity index (χ1) is 10.6. The molecule has 0 heterocycles. The van der Waals surface area contributed by atoms with Crippen LogP contribution in [0.3, 0.4) is 0 Å². The molecule has 0 aliphatic rings. The van der Waals surface area contributed by atoms with Crippen LogP contribution in [-0.2, 0) is 17.6 Å². The van der Waals surface area contributed by atoms with E-state index in [0.717, 1.165) is 5.56 Å². The number of hydrogen-bond acceptors (Lipinski definition) is 4. The molecule has 0 saturated carbocycles. The van der Waals surface area contributed by atoms with Gasteiger partial charge in [0.05, 0.1) is 0 Å². The Balaban J connectivity index is 0.00000264. The van der Waals surface area contributed by atoms with Crippen LogP contribution in [0.1, 0.15) is 11.1 Å². The molecular formula is C17H18NNaO4. The van der Waals surface area contributed by atoms with Crippen molar-refractivity contribution in [3.05, 3.63) is 59.7 Å². The molecule has 23 heavy (non-hydrogen) atoms. The molecule has 2 aromatic rings. The van der Waals surface area contributed by atoms with E-state index in [1.54, 1.807) is 6.07 Å². The molecule has 2 rings (SSSR count). The topological polar surface area (TPSA) is 90.1 Å². The summed E-state index contributed by atoms with van der Waals surface area (Å²) in [7, 11) is 0. The molecule has 0 spiro atoms. The zero-order chi connectivity index (χ0) is 15.9. The number of hydrogen-bond donors (Lipinski definition) is 3. The van der Waals surface area contributed by atoms with Gasteiger partial charge >= 0.3 is 35.5 Å². The summed E-state index contributed by atoms with van der Waals surface area (Å²) in [6, 6.07) is 12.7. The van der Waals surface area contributed by atoms with Crippen molar-refractivity contribution in [2.24, 2.45) is 4.99 Å². The quantitative estimate of drug-likeness (QED) is 0.558. The Morgan fingerprint density at radius 1 is 1.13 bits per heavy atom.